The monoisotopic (exact) mass is 273 g/mol. The van der Waals surface area contributed by atoms with Crippen molar-refractivity contribution in [1.82, 2.24) is 5.32 Å². The van der Waals surface area contributed by atoms with Crippen LogP contribution in [0.15, 0.2) is 12.7 Å². The molecule has 0 aromatic carbocycles. The van der Waals surface area contributed by atoms with Crippen LogP contribution in [-0.2, 0) is 0 Å². The summed E-state index contributed by atoms with van der Waals surface area (Å²) in [6.07, 6.45) is 9.09. The second-order valence-corrected chi connectivity index (χ2v) is 3.72. The van der Waals surface area contributed by atoms with Gasteiger partial charge in [0.25, 0.3) is 0 Å². The van der Waals surface area contributed by atoms with Gasteiger partial charge < -0.3 is 5.32 Å². The first-order chi connectivity index (χ1) is 9.35. The zero-order chi connectivity index (χ0) is 15.9. The lowest BCUT2D eigenvalue weighted by Crippen LogP contribution is -2.23. The highest BCUT2D eigenvalue weighted by Gasteiger charge is 2.11. The number of hydrogen-bond donors (Lipinski definition) is 1. The molecule has 0 aromatic heterocycles. The Hall–Kier alpha value is -0.300. The van der Waals surface area contributed by atoms with Gasteiger partial charge in [-0.3, -0.25) is 0 Å². The smallest absolute Gasteiger partial charge is 0.00206 e. The second-order valence-electron chi connectivity index (χ2n) is 3.72. The molecule has 1 aliphatic carbocycles. The van der Waals surface area contributed by atoms with Crippen LogP contribution in [0.3, 0.4) is 0 Å². The van der Waals surface area contributed by atoms with E-state index in [0.29, 0.717) is 0 Å². The molecule has 1 aliphatic rings. The van der Waals surface area contributed by atoms with E-state index in [4.69, 9.17) is 0 Å². The third-order valence-electron chi connectivity index (χ3n) is 2.41. The molecule has 0 unspecified atom stereocenters. The Kier molecular flexibility index (Phi) is 51.5. The molecule has 0 aromatic rings. The van der Waals surface area contributed by atoms with E-state index >= 15 is 0 Å². The number of nitrogens with one attached hydrogen (secondary N) is 1. The molecule has 0 amide bonds. The summed E-state index contributed by atoms with van der Waals surface area (Å²) in [5.41, 5.74) is 0. The van der Waals surface area contributed by atoms with Gasteiger partial charge in [0.15, 0.2) is 0 Å². The quantitative estimate of drug-likeness (QED) is 0.583. The molecule has 19 heavy (non-hydrogen) atoms. The van der Waals surface area contributed by atoms with Crippen molar-refractivity contribution in [2.75, 3.05) is 13.1 Å². The fourth-order valence-corrected chi connectivity index (χ4v) is 1.74. The van der Waals surface area contributed by atoms with E-state index in [1.807, 2.05) is 48.5 Å². The van der Waals surface area contributed by atoms with Gasteiger partial charge in [-0.1, -0.05) is 73.8 Å². The predicted molar refractivity (Wildman–Crippen MR) is 95.0 cm³/mol. The normalized spacial score (nSPS) is 12.8. The van der Waals surface area contributed by atoms with Gasteiger partial charge >= 0.3 is 0 Å². The van der Waals surface area contributed by atoms with Gasteiger partial charge in [0, 0.05) is 0 Å². The Labute approximate surface area is 125 Å². The fourth-order valence-electron chi connectivity index (χ4n) is 1.74. The standard InChI is InChI=1S/C9H19N.C3H6.3C2H6/c1-2-10-8-9-6-4-3-5-7-9;1-3-2;3*1-2/h9-10H,2-8H2,1H3;3H,1H2,2H3;3*1-2H3. The minimum atomic E-state index is 0.994. The van der Waals surface area contributed by atoms with Crippen LogP contribution in [0.25, 0.3) is 0 Å². The maximum Gasteiger partial charge on any atom is -0.00206 e. The first-order valence-corrected chi connectivity index (χ1v) is 8.62. The molecule has 1 rings (SSSR count). The fraction of sp³-hybridized carbons (Fsp3) is 0.889. The van der Waals surface area contributed by atoms with Crippen LogP contribution in [0.5, 0.6) is 0 Å². The molecule has 1 nitrogen and oxygen atoms in total. The van der Waals surface area contributed by atoms with Crippen molar-refractivity contribution in [1.29, 1.82) is 0 Å². The molecule has 1 N–H and O–H groups in total. The Morgan fingerprint density at radius 2 is 1.32 bits per heavy atom. The van der Waals surface area contributed by atoms with Gasteiger partial charge in [0.1, 0.15) is 0 Å². The Balaban J connectivity index is -0.000000106. The summed E-state index contributed by atoms with van der Waals surface area (Å²) in [4.78, 5) is 0. The molecule has 0 radical (unpaired) electrons. The van der Waals surface area contributed by atoms with Crippen LogP contribution in [-0.4, -0.2) is 13.1 Å². The zero-order valence-corrected chi connectivity index (χ0v) is 15.3. The molecule has 0 aliphatic heterocycles. The van der Waals surface area contributed by atoms with E-state index in [9.17, 15) is 0 Å². The van der Waals surface area contributed by atoms with Crippen LogP contribution in [0, 0.1) is 5.92 Å². The molecule has 0 saturated heterocycles. The number of allylic oxidation sites excluding steroid dienone is 1. The maximum atomic E-state index is 3.42. The Morgan fingerprint density at radius 1 is 0.947 bits per heavy atom. The van der Waals surface area contributed by atoms with E-state index in [1.165, 1.54) is 38.6 Å². The van der Waals surface area contributed by atoms with Gasteiger partial charge in [0.2, 0.25) is 0 Å². The molecule has 0 atom stereocenters. The van der Waals surface area contributed by atoms with Crippen molar-refractivity contribution in [3.8, 4) is 0 Å². The van der Waals surface area contributed by atoms with Crippen LogP contribution >= 0.6 is 0 Å². The lowest BCUT2D eigenvalue weighted by atomic mass is 9.89. The summed E-state index contributed by atoms with van der Waals surface area (Å²) in [6, 6.07) is 0. The number of hydrogen-bond acceptors (Lipinski definition) is 1. The van der Waals surface area contributed by atoms with Crippen molar-refractivity contribution in [3.05, 3.63) is 12.7 Å². The van der Waals surface area contributed by atoms with Crippen LogP contribution in [0.1, 0.15) is 87.5 Å². The summed E-state index contributed by atoms with van der Waals surface area (Å²) in [7, 11) is 0. The summed E-state index contributed by atoms with van der Waals surface area (Å²) < 4.78 is 0. The Bertz CT molecular complexity index is 104. The van der Waals surface area contributed by atoms with Gasteiger partial charge in [-0.25, -0.2) is 0 Å². The molecule has 0 bridgehead atoms. The van der Waals surface area contributed by atoms with Crippen LogP contribution < -0.4 is 5.32 Å². The average Bonchev–Trinajstić information content (AvgIpc) is 2.53. The molecule has 1 heteroatoms. The van der Waals surface area contributed by atoms with E-state index < -0.39 is 0 Å². The summed E-state index contributed by atoms with van der Waals surface area (Å²) in [6.45, 7) is 21.8. The largest absolute Gasteiger partial charge is 0.317 e. The summed E-state index contributed by atoms with van der Waals surface area (Å²) in [5.74, 6) is 0.994. The minimum absolute atomic E-state index is 0.994. The van der Waals surface area contributed by atoms with Crippen molar-refractivity contribution >= 4 is 0 Å². The highest BCUT2D eigenvalue weighted by molar-refractivity contribution is 4.67. The Morgan fingerprint density at radius 3 is 1.63 bits per heavy atom. The lowest BCUT2D eigenvalue weighted by molar-refractivity contribution is 0.345. The molecule has 1 saturated carbocycles. The lowest BCUT2D eigenvalue weighted by Gasteiger charge is -2.21. The molecule has 1 fully saturated rings. The van der Waals surface area contributed by atoms with Crippen molar-refractivity contribution < 1.29 is 0 Å². The van der Waals surface area contributed by atoms with Gasteiger partial charge in [-0.2, -0.15) is 0 Å². The van der Waals surface area contributed by atoms with Crippen molar-refractivity contribution in [2.45, 2.75) is 87.5 Å². The van der Waals surface area contributed by atoms with Crippen molar-refractivity contribution in [2.24, 2.45) is 5.92 Å². The third kappa shape index (κ3) is 31.9. The van der Waals surface area contributed by atoms with Gasteiger partial charge in [-0.15, -0.1) is 6.58 Å². The molecular formula is C18H43N. The van der Waals surface area contributed by atoms with E-state index in [1.54, 1.807) is 6.08 Å². The third-order valence-corrected chi connectivity index (χ3v) is 2.41. The van der Waals surface area contributed by atoms with E-state index in [2.05, 4.69) is 18.8 Å². The first kappa shape index (κ1) is 27.1. The van der Waals surface area contributed by atoms with Gasteiger partial charge in [-0.05, 0) is 38.8 Å². The molecule has 120 valence electrons. The minimum Gasteiger partial charge on any atom is -0.317 e. The topological polar surface area (TPSA) is 12.0 Å². The molecule has 0 spiro atoms. The SMILES string of the molecule is C=CC.CC.CC.CC.CCNCC1CCCCC1. The van der Waals surface area contributed by atoms with Crippen molar-refractivity contribution in [3.63, 3.8) is 0 Å². The molecule has 0 heterocycles. The molecular weight excluding hydrogens is 230 g/mol. The highest BCUT2D eigenvalue weighted by Crippen LogP contribution is 2.22. The predicted octanol–water partition coefficient (Wildman–Crippen LogP) is 6.45. The van der Waals surface area contributed by atoms with E-state index in [0.717, 1.165) is 12.5 Å². The average molecular weight is 274 g/mol. The summed E-state index contributed by atoms with van der Waals surface area (Å²) >= 11 is 0. The van der Waals surface area contributed by atoms with E-state index in [-0.39, 0.29) is 0 Å². The second kappa shape index (κ2) is 36.1. The summed E-state index contributed by atoms with van der Waals surface area (Å²) in [5, 5.41) is 3.42. The first-order valence-electron chi connectivity index (χ1n) is 8.62. The van der Waals surface area contributed by atoms with Crippen LogP contribution in [0.2, 0.25) is 0 Å². The van der Waals surface area contributed by atoms with Gasteiger partial charge in [0.05, 0.1) is 0 Å². The maximum absolute atomic E-state index is 3.42. The van der Waals surface area contributed by atoms with Crippen LogP contribution in [0.4, 0.5) is 0 Å². The number of rotatable bonds is 3. The highest BCUT2D eigenvalue weighted by atomic mass is 14.8. The zero-order valence-electron chi connectivity index (χ0n) is 15.3.